The monoisotopic (exact) mass is 402 g/mol. The Labute approximate surface area is 169 Å². The maximum atomic E-state index is 12.9. The number of carbonyl (C=O) groups is 3. The highest BCUT2D eigenvalue weighted by atomic mass is 19.1. The molecule has 0 radical (unpaired) electrons. The molecule has 4 N–H and O–H groups in total. The first-order valence-corrected chi connectivity index (χ1v) is 10.3. The zero-order chi connectivity index (χ0) is 20.4. The van der Waals surface area contributed by atoms with Crippen LogP contribution in [0.3, 0.4) is 0 Å². The van der Waals surface area contributed by atoms with Crippen LogP contribution in [0.25, 0.3) is 0 Å². The third-order valence-electron chi connectivity index (χ3n) is 6.61. The molecule has 4 bridgehead atoms. The van der Waals surface area contributed by atoms with Crippen molar-refractivity contribution in [3.8, 4) is 0 Å². The summed E-state index contributed by atoms with van der Waals surface area (Å²) in [5, 5.41) is 5.02. The standard InChI is InChI=1S/C21H27FN4O3/c22-17-3-1-13(2-4-17)11-23-20(29)24-12-18(27)25-26-19(28)21-8-14-5-15(9-21)7-16(6-14)10-21/h1-4,14-16H,5-12H2,(H,25,27)(H,26,28)(H2,23,24,29). The van der Waals surface area contributed by atoms with E-state index < -0.39 is 11.9 Å². The van der Waals surface area contributed by atoms with Crippen molar-refractivity contribution >= 4 is 17.8 Å². The topological polar surface area (TPSA) is 99.3 Å². The summed E-state index contributed by atoms with van der Waals surface area (Å²) < 4.78 is 12.9. The molecule has 0 spiro atoms. The second-order valence-corrected chi connectivity index (χ2v) is 8.86. The zero-order valence-electron chi connectivity index (χ0n) is 16.3. The van der Waals surface area contributed by atoms with Crippen molar-refractivity contribution in [3.63, 3.8) is 0 Å². The van der Waals surface area contributed by atoms with Crippen molar-refractivity contribution < 1.29 is 18.8 Å². The van der Waals surface area contributed by atoms with Gasteiger partial charge in [-0.15, -0.1) is 0 Å². The Bertz CT molecular complexity index is 760. The SMILES string of the molecule is O=C(CNC(=O)NCc1ccc(F)cc1)NNC(=O)C12CC3CC(CC(C3)C1)C2. The van der Waals surface area contributed by atoms with Gasteiger partial charge in [0.15, 0.2) is 0 Å². The summed E-state index contributed by atoms with van der Waals surface area (Å²) >= 11 is 0. The summed E-state index contributed by atoms with van der Waals surface area (Å²) in [5.74, 6) is 1.02. The van der Waals surface area contributed by atoms with Crippen LogP contribution in [0.5, 0.6) is 0 Å². The summed E-state index contributed by atoms with van der Waals surface area (Å²) in [6.45, 7) is -0.0348. The van der Waals surface area contributed by atoms with Gasteiger partial charge in [0.1, 0.15) is 12.4 Å². The van der Waals surface area contributed by atoms with Crippen molar-refractivity contribution in [2.24, 2.45) is 23.2 Å². The van der Waals surface area contributed by atoms with Gasteiger partial charge in [-0.2, -0.15) is 0 Å². The summed E-state index contributed by atoms with van der Waals surface area (Å²) in [5.41, 5.74) is 5.41. The van der Waals surface area contributed by atoms with E-state index in [4.69, 9.17) is 0 Å². The van der Waals surface area contributed by atoms with Crippen molar-refractivity contribution in [3.05, 3.63) is 35.6 Å². The van der Waals surface area contributed by atoms with Crippen LogP contribution in [-0.2, 0) is 16.1 Å². The lowest BCUT2D eigenvalue weighted by molar-refractivity contribution is -0.148. The van der Waals surface area contributed by atoms with Crippen LogP contribution in [0, 0.1) is 29.0 Å². The van der Waals surface area contributed by atoms with Gasteiger partial charge in [-0.05, 0) is 74.0 Å². The van der Waals surface area contributed by atoms with Gasteiger partial charge < -0.3 is 10.6 Å². The van der Waals surface area contributed by atoms with Crippen molar-refractivity contribution in [1.82, 2.24) is 21.5 Å². The highest BCUT2D eigenvalue weighted by molar-refractivity contribution is 5.88. The van der Waals surface area contributed by atoms with Gasteiger partial charge in [0.05, 0.1) is 5.41 Å². The molecule has 8 heteroatoms. The third-order valence-corrected chi connectivity index (χ3v) is 6.61. The van der Waals surface area contributed by atoms with Gasteiger partial charge >= 0.3 is 6.03 Å². The third kappa shape index (κ3) is 4.52. The van der Waals surface area contributed by atoms with E-state index in [0.717, 1.165) is 24.8 Å². The number of hydrogen-bond acceptors (Lipinski definition) is 3. The first-order valence-electron chi connectivity index (χ1n) is 10.3. The number of hydrazine groups is 1. The van der Waals surface area contributed by atoms with Crippen LogP contribution in [0.1, 0.15) is 44.1 Å². The Morgan fingerprint density at radius 2 is 1.48 bits per heavy atom. The molecule has 0 saturated heterocycles. The summed E-state index contributed by atoms with van der Waals surface area (Å²) in [7, 11) is 0. The lowest BCUT2D eigenvalue weighted by Crippen LogP contribution is -2.57. The number of hydrogen-bond donors (Lipinski definition) is 4. The van der Waals surface area contributed by atoms with E-state index in [-0.39, 0.29) is 30.2 Å². The first kappa shape index (κ1) is 19.7. The van der Waals surface area contributed by atoms with Crippen molar-refractivity contribution in [2.45, 2.75) is 45.1 Å². The van der Waals surface area contributed by atoms with Crippen LogP contribution in [0.15, 0.2) is 24.3 Å². The predicted molar refractivity (Wildman–Crippen MR) is 104 cm³/mol. The molecule has 7 nitrogen and oxygen atoms in total. The average Bonchev–Trinajstić information content (AvgIpc) is 2.69. The van der Waals surface area contributed by atoms with Crippen LogP contribution >= 0.6 is 0 Å². The number of benzene rings is 1. The minimum Gasteiger partial charge on any atom is -0.334 e. The van der Waals surface area contributed by atoms with E-state index in [0.29, 0.717) is 17.8 Å². The fraction of sp³-hybridized carbons (Fsp3) is 0.571. The minimum atomic E-state index is -0.517. The Morgan fingerprint density at radius 1 is 0.897 bits per heavy atom. The lowest BCUT2D eigenvalue weighted by Gasteiger charge is -2.55. The molecule has 4 fully saturated rings. The molecule has 0 aliphatic heterocycles. The zero-order valence-corrected chi connectivity index (χ0v) is 16.3. The molecule has 0 aromatic heterocycles. The van der Waals surface area contributed by atoms with Gasteiger partial charge in [0.2, 0.25) is 5.91 Å². The molecule has 1 aromatic rings. The summed E-state index contributed by atoms with van der Waals surface area (Å²) in [6, 6.07) is 5.26. The van der Waals surface area contributed by atoms with Crippen molar-refractivity contribution in [1.29, 1.82) is 0 Å². The molecule has 4 aliphatic carbocycles. The number of nitrogens with one attached hydrogen (secondary N) is 4. The lowest BCUT2D eigenvalue weighted by atomic mass is 9.49. The second kappa shape index (κ2) is 8.00. The van der Waals surface area contributed by atoms with E-state index in [2.05, 4.69) is 21.5 Å². The highest BCUT2D eigenvalue weighted by Crippen LogP contribution is 2.59. The van der Waals surface area contributed by atoms with Gasteiger partial charge in [0.25, 0.3) is 5.91 Å². The maximum Gasteiger partial charge on any atom is 0.315 e. The maximum absolute atomic E-state index is 12.9. The number of urea groups is 1. The number of amides is 4. The molecule has 0 atom stereocenters. The molecule has 4 aliphatic rings. The molecular formula is C21H27FN4O3. The second-order valence-electron chi connectivity index (χ2n) is 8.86. The molecule has 0 unspecified atom stereocenters. The van der Waals surface area contributed by atoms with Crippen LogP contribution in [-0.4, -0.2) is 24.4 Å². The average molecular weight is 402 g/mol. The predicted octanol–water partition coefficient (Wildman–Crippen LogP) is 1.99. The number of carbonyl (C=O) groups excluding carboxylic acids is 3. The van der Waals surface area contributed by atoms with Crippen LogP contribution in [0.4, 0.5) is 9.18 Å². The molecular weight excluding hydrogens is 375 g/mol. The minimum absolute atomic E-state index is 0.0919. The molecule has 0 heterocycles. The number of halogens is 1. The normalized spacial score (nSPS) is 29.2. The largest absolute Gasteiger partial charge is 0.334 e. The van der Waals surface area contributed by atoms with E-state index >= 15 is 0 Å². The molecule has 1 aromatic carbocycles. The van der Waals surface area contributed by atoms with Gasteiger partial charge in [-0.3, -0.25) is 20.4 Å². The fourth-order valence-corrected chi connectivity index (χ4v) is 5.70. The van der Waals surface area contributed by atoms with Gasteiger partial charge in [0, 0.05) is 6.54 Å². The van der Waals surface area contributed by atoms with E-state index in [1.807, 2.05) is 0 Å². The van der Waals surface area contributed by atoms with Crippen LogP contribution in [0.2, 0.25) is 0 Å². The molecule has 29 heavy (non-hydrogen) atoms. The molecule has 4 amide bonds. The fourth-order valence-electron chi connectivity index (χ4n) is 5.70. The number of rotatable bonds is 5. The van der Waals surface area contributed by atoms with Crippen molar-refractivity contribution in [2.75, 3.05) is 6.54 Å². The van der Waals surface area contributed by atoms with Gasteiger partial charge in [-0.1, -0.05) is 12.1 Å². The molecule has 4 saturated carbocycles. The summed E-state index contributed by atoms with van der Waals surface area (Å²) in [6.07, 6.45) is 6.50. The van der Waals surface area contributed by atoms with E-state index in [1.54, 1.807) is 12.1 Å². The Hall–Kier alpha value is -2.64. The Balaban J connectivity index is 1.17. The smallest absolute Gasteiger partial charge is 0.315 e. The molecule has 156 valence electrons. The highest BCUT2D eigenvalue weighted by Gasteiger charge is 2.54. The van der Waals surface area contributed by atoms with Gasteiger partial charge in [-0.25, -0.2) is 9.18 Å². The summed E-state index contributed by atoms with van der Waals surface area (Å²) in [4.78, 5) is 36.5. The Kier molecular flexibility index (Phi) is 5.43. The van der Waals surface area contributed by atoms with Crippen LogP contribution < -0.4 is 21.5 Å². The van der Waals surface area contributed by atoms with E-state index in [9.17, 15) is 18.8 Å². The Morgan fingerprint density at radius 3 is 2.07 bits per heavy atom. The quantitative estimate of drug-likeness (QED) is 0.567. The first-order chi connectivity index (χ1) is 13.9. The molecule has 5 rings (SSSR count). The van der Waals surface area contributed by atoms with E-state index in [1.165, 1.54) is 31.4 Å².